The fourth-order valence-electron chi connectivity index (χ4n) is 4.14. The van der Waals surface area contributed by atoms with Crippen LogP contribution in [0.15, 0.2) is 28.9 Å². The highest BCUT2D eigenvalue weighted by Crippen LogP contribution is 2.40. The Morgan fingerprint density at radius 1 is 1.21 bits per heavy atom. The third-order valence-electron chi connectivity index (χ3n) is 5.79. The second-order valence-corrected chi connectivity index (χ2v) is 7.72. The number of rotatable bonds is 5. The molecule has 9 nitrogen and oxygen atoms in total. The van der Waals surface area contributed by atoms with Crippen LogP contribution in [0.25, 0.3) is 0 Å². The van der Waals surface area contributed by atoms with Crippen LogP contribution in [0.3, 0.4) is 0 Å². The molecule has 2 aliphatic heterocycles. The maximum Gasteiger partial charge on any atom is 0.290 e. The Kier molecular flexibility index (Phi) is 5.08. The summed E-state index contributed by atoms with van der Waals surface area (Å²) in [6, 6.07) is 5.79. The van der Waals surface area contributed by atoms with Gasteiger partial charge in [-0.1, -0.05) is 11.2 Å². The number of amides is 2. The topological polar surface area (TPSA) is 118 Å². The van der Waals surface area contributed by atoms with Gasteiger partial charge in [-0.2, -0.15) is 4.98 Å². The molecule has 4 rings (SSSR count). The Morgan fingerprint density at radius 3 is 2.71 bits per heavy atom. The summed E-state index contributed by atoms with van der Waals surface area (Å²) in [5, 5.41) is 3.59. The highest BCUT2D eigenvalue weighted by atomic mass is 16.5. The lowest BCUT2D eigenvalue weighted by atomic mass is 9.72. The van der Waals surface area contributed by atoms with Gasteiger partial charge in [0.15, 0.2) is 0 Å². The highest BCUT2D eigenvalue weighted by molar-refractivity contribution is 5.88. The van der Waals surface area contributed by atoms with Crippen molar-refractivity contribution in [2.75, 3.05) is 19.6 Å². The summed E-state index contributed by atoms with van der Waals surface area (Å²) < 4.78 is 5.10. The van der Waals surface area contributed by atoms with Crippen molar-refractivity contribution in [2.24, 2.45) is 11.1 Å². The lowest BCUT2D eigenvalue weighted by Crippen LogP contribution is -2.51. The van der Waals surface area contributed by atoms with Crippen molar-refractivity contribution < 1.29 is 14.1 Å². The second-order valence-electron chi connectivity index (χ2n) is 7.72. The van der Waals surface area contributed by atoms with Crippen LogP contribution in [0.5, 0.6) is 0 Å². The van der Waals surface area contributed by atoms with Crippen LogP contribution >= 0.6 is 0 Å². The molecule has 2 saturated heterocycles. The first kappa shape index (κ1) is 18.5. The van der Waals surface area contributed by atoms with E-state index in [4.69, 9.17) is 10.3 Å². The van der Waals surface area contributed by atoms with Crippen LogP contribution in [0.2, 0.25) is 0 Å². The van der Waals surface area contributed by atoms with E-state index in [1.807, 2.05) is 23.1 Å². The van der Waals surface area contributed by atoms with Crippen molar-refractivity contribution in [2.45, 2.75) is 38.8 Å². The van der Waals surface area contributed by atoms with Crippen molar-refractivity contribution in [3.05, 3.63) is 41.8 Å². The van der Waals surface area contributed by atoms with Gasteiger partial charge in [-0.05, 0) is 49.9 Å². The molecule has 0 saturated carbocycles. The van der Waals surface area contributed by atoms with Gasteiger partial charge in [0.2, 0.25) is 11.8 Å². The minimum Gasteiger partial charge on any atom is -0.363 e. The third-order valence-corrected chi connectivity index (χ3v) is 5.79. The number of nitrogens with two attached hydrogens (primary N) is 1. The molecule has 2 aliphatic rings. The molecule has 0 aromatic carbocycles. The zero-order valence-electron chi connectivity index (χ0n) is 15.7. The second kappa shape index (κ2) is 7.67. The Morgan fingerprint density at radius 2 is 2.04 bits per heavy atom. The van der Waals surface area contributed by atoms with Crippen molar-refractivity contribution in [3.63, 3.8) is 0 Å². The van der Waals surface area contributed by atoms with E-state index in [0.29, 0.717) is 25.4 Å². The van der Waals surface area contributed by atoms with Crippen LogP contribution in [0.4, 0.5) is 0 Å². The Labute approximate surface area is 162 Å². The van der Waals surface area contributed by atoms with Crippen LogP contribution in [0.1, 0.15) is 47.9 Å². The number of piperidine rings is 2. The minimum atomic E-state index is -0.688. The summed E-state index contributed by atoms with van der Waals surface area (Å²) in [7, 11) is 0. The van der Waals surface area contributed by atoms with E-state index in [1.54, 1.807) is 6.20 Å². The zero-order chi connectivity index (χ0) is 19.6. The summed E-state index contributed by atoms with van der Waals surface area (Å²) in [6.07, 6.45) is 5.31. The van der Waals surface area contributed by atoms with Crippen LogP contribution < -0.4 is 5.73 Å². The van der Waals surface area contributed by atoms with Gasteiger partial charge in [0.25, 0.3) is 11.7 Å². The van der Waals surface area contributed by atoms with Crippen LogP contribution in [0, 0.1) is 5.41 Å². The van der Waals surface area contributed by atoms with Crippen molar-refractivity contribution >= 4 is 11.8 Å². The number of hydrogen-bond acceptors (Lipinski definition) is 7. The molecule has 4 heterocycles. The number of nitrogens with zero attached hydrogens (tertiary/aromatic N) is 5. The molecular formula is C19H24N6O3. The average molecular weight is 384 g/mol. The van der Waals surface area contributed by atoms with Gasteiger partial charge in [0.1, 0.15) is 0 Å². The monoisotopic (exact) mass is 384 g/mol. The van der Waals surface area contributed by atoms with Crippen molar-refractivity contribution in [3.8, 4) is 0 Å². The van der Waals surface area contributed by atoms with E-state index in [-0.39, 0.29) is 17.1 Å². The molecule has 2 N–H and O–H groups in total. The molecule has 148 valence electrons. The van der Waals surface area contributed by atoms with E-state index in [9.17, 15) is 9.59 Å². The molecule has 9 heteroatoms. The molecule has 0 aliphatic carbocycles. The predicted molar refractivity (Wildman–Crippen MR) is 98.6 cm³/mol. The number of hydrogen-bond donors (Lipinski definition) is 1. The van der Waals surface area contributed by atoms with E-state index >= 15 is 0 Å². The molecular weight excluding hydrogens is 360 g/mol. The molecule has 0 bridgehead atoms. The molecule has 0 radical (unpaired) electrons. The Bertz CT molecular complexity index is 844. The molecule has 2 amide bonds. The molecule has 2 aromatic rings. The Hall–Kier alpha value is -2.81. The van der Waals surface area contributed by atoms with E-state index in [0.717, 1.165) is 44.6 Å². The van der Waals surface area contributed by atoms with E-state index in [1.165, 1.54) is 0 Å². The van der Waals surface area contributed by atoms with Gasteiger partial charge in [0, 0.05) is 19.2 Å². The minimum absolute atomic E-state index is 0.0839. The number of carbonyl (C=O) groups excluding carboxylic acids is 2. The lowest BCUT2D eigenvalue weighted by Gasteiger charge is -2.47. The summed E-state index contributed by atoms with van der Waals surface area (Å²) in [6.45, 7) is 3.64. The van der Waals surface area contributed by atoms with Crippen molar-refractivity contribution in [1.29, 1.82) is 0 Å². The predicted octanol–water partition coefficient (Wildman–Crippen LogP) is 0.968. The summed E-state index contributed by atoms with van der Waals surface area (Å²) >= 11 is 0. The number of carbonyl (C=O) groups is 2. The Balaban J connectivity index is 1.34. The first-order valence-electron chi connectivity index (χ1n) is 9.55. The summed E-state index contributed by atoms with van der Waals surface area (Å²) in [5.74, 6) is -0.157. The standard InChI is InChI=1S/C19H24N6O3/c20-17(27)18-22-15(28-23-18)12-24-9-6-19(7-10-24)5-4-16(26)25(13-19)11-14-3-1-2-8-21-14/h1-3,8H,4-7,9-13H2,(H2,20,27). The average Bonchev–Trinajstić information content (AvgIpc) is 3.17. The van der Waals surface area contributed by atoms with Gasteiger partial charge >= 0.3 is 0 Å². The van der Waals surface area contributed by atoms with Crippen molar-refractivity contribution in [1.82, 2.24) is 24.9 Å². The highest BCUT2D eigenvalue weighted by Gasteiger charge is 2.41. The number of likely N-dealkylation sites (tertiary alicyclic amines) is 2. The zero-order valence-corrected chi connectivity index (χ0v) is 15.7. The number of pyridine rings is 1. The summed E-state index contributed by atoms with van der Waals surface area (Å²) in [4.78, 5) is 36.1. The SMILES string of the molecule is NC(=O)c1noc(CN2CCC3(CCC(=O)N(Cc4ccccn4)C3)CC2)n1. The lowest BCUT2D eigenvalue weighted by molar-refractivity contribution is -0.140. The molecule has 2 fully saturated rings. The molecule has 28 heavy (non-hydrogen) atoms. The maximum atomic E-state index is 12.4. The quantitative estimate of drug-likeness (QED) is 0.816. The van der Waals surface area contributed by atoms with Crippen LogP contribution in [-0.4, -0.2) is 56.4 Å². The molecule has 0 atom stereocenters. The fraction of sp³-hybridized carbons (Fsp3) is 0.526. The fourth-order valence-corrected chi connectivity index (χ4v) is 4.14. The molecule has 2 aromatic heterocycles. The third kappa shape index (κ3) is 4.04. The van der Waals surface area contributed by atoms with Gasteiger partial charge in [-0.25, -0.2) is 0 Å². The number of aromatic nitrogens is 3. The summed E-state index contributed by atoms with van der Waals surface area (Å²) in [5.41, 5.74) is 6.24. The number of primary amides is 1. The first-order chi connectivity index (χ1) is 13.5. The molecule has 1 spiro atoms. The van der Waals surface area contributed by atoms with Gasteiger partial charge in [-0.15, -0.1) is 0 Å². The smallest absolute Gasteiger partial charge is 0.290 e. The van der Waals surface area contributed by atoms with Gasteiger partial charge in [0.05, 0.1) is 18.8 Å². The maximum absolute atomic E-state index is 12.4. The van der Waals surface area contributed by atoms with E-state index < -0.39 is 5.91 Å². The largest absolute Gasteiger partial charge is 0.363 e. The first-order valence-corrected chi connectivity index (χ1v) is 9.55. The van der Waals surface area contributed by atoms with Gasteiger partial charge < -0.3 is 15.2 Å². The molecule has 0 unspecified atom stereocenters. The van der Waals surface area contributed by atoms with E-state index in [2.05, 4.69) is 20.0 Å². The van der Waals surface area contributed by atoms with Crippen LogP contribution in [-0.2, 0) is 17.9 Å². The normalized spacial score (nSPS) is 19.9. The van der Waals surface area contributed by atoms with Gasteiger partial charge in [-0.3, -0.25) is 19.5 Å².